The highest BCUT2D eigenvalue weighted by Gasteiger charge is 2.25. The number of hydrogen-bond donors (Lipinski definition) is 2. The predicted octanol–water partition coefficient (Wildman–Crippen LogP) is 4.61. The van der Waals surface area contributed by atoms with Crippen LogP contribution in [0.25, 0.3) is 22.0 Å². The quantitative estimate of drug-likeness (QED) is 0.454. The molecule has 1 unspecified atom stereocenters. The molecule has 0 bridgehead atoms. The van der Waals surface area contributed by atoms with Crippen molar-refractivity contribution < 1.29 is 14.3 Å². The molecule has 2 aromatic carbocycles. The largest absolute Gasteiger partial charge is 0.388 e. The Labute approximate surface area is 190 Å². The van der Waals surface area contributed by atoms with E-state index in [2.05, 4.69) is 10.1 Å². The molecule has 1 aliphatic carbocycles. The Hall–Kier alpha value is -3.58. The van der Waals surface area contributed by atoms with Gasteiger partial charge in [0.15, 0.2) is 0 Å². The number of carbonyl (C=O) groups is 1. The lowest BCUT2D eigenvalue weighted by Gasteiger charge is -2.15. The minimum absolute atomic E-state index is 0.153. The number of fused-ring (bicyclic) bond motifs is 1. The Morgan fingerprint density at radius 2 is 1.91 bits per heavy atom. The van der Waals surface area contributed by atoms with Crippen LogP contribution in [0.5, 0.6) is 0 Å². The van der Waals surface area contributed by atoms with Crippen LogP contribution in [0.4, 0.5) is 4.39 Å². The first-order valence-electron chi connectivity index (χ1n) is 11.2. The Kier molecular flexibility index (Phi) is 5.64. The zero-order chi connectivity index (χ0) is 22.9. The summed E-state index contributed by atoms with van der Waals surface area (Å²) in [6.45, 7) is 0.502. The van der Waals surface area contributed by atoms with E-state index in [4.69, 9.17) is 5.73 Å². The number of nitrogens with two attached hydrogens (primary N) is 1. The summed E-state index contributed by atoms with van der Waals surface area (Å²) < 4.78 is 15.2. The van der Waals surface area contributed by atoms with E-state index in [0.717, 1.165) is 40.5 Å². The zero-order valence-corrected chi connectivity index (χ0v) is 18.1. The second kappa shape index (κ2) is 8.75. The summed E-state index contributed by atoms with van der Waals surface area (Å²) in [6, 6.07) is 13.6. The lowest BCUT2D eigenvalue weighted by molar-refractivity contribution is 0.0996. The molecule has 1 atom stereocenters. The van der Waals surface area contributed by atoms with Gasteiger partial charge in [0.1, 0.15) is 11.5 Å². The summed E-state index contributed by atoms with van der Waals surface area (Å²) in [5, 5.41) is 15.9. The van der Waals surface area contributed by atoms with Gasteiger partial charge < -0.3 is 10.8 Å². The van der Waals surface area contributed by atoms with Gasteiger partial charge in [0, 0.05) is 17.1 Å². The van der Waals surface area contributed by atoms with Gasteiger partial charge in [-0.25, -0.2) is 9.37 Å². The fraction of sp³-hybridized carbons (Fsp3) is 0.269. The number of nitrogens with zero attached hydrogens (tertiary/aromatic N) is 3. The van der Waals surface area contributed by atoms with Crippen LogP contribution in [-0.2, 0) is 6.54 Å². The van der Waals surface area contributed by atoms with Gasteiger partial charge in [-0.05, 0) is 59.7 Å². The van der Waals surface area contributed by atoms with Crippen LogP contribution in [0.3, 0.4) is 0 Å². The highest BCUT2D eigenvalue weighted by Crippen LogP contribution is 2.35. The van der Waals surface area contributed by atoms with Crippen LogP contribution < -0.4 is 5.73 Å². The van der Waals surface area contributed by atoms with Gasteiger partial charge in [-0.1, -0.05) is 37.1 Å². The molecule has 168 valence electrons. The monoisotopic (exact) mass is 444 g/mol. The van der Waals surface area contributed by atoms with Gasteiger partial charge in [-0.15, -0.1) is 0 Å². The van der Waals surface area contributed by atoms with Crippen molar-refractivity contribution in [1.29, 1.82) is 0 Å². The molecule has 0 aliphatic heterocycles. The Morgan fingerprint density at radius 1 is 1.15 bits per heavy atom. The second-order valence-electron chi connectivity index (χ2n) is 8.74. The molecule has 7 heteroatoms. The van der Waals surface area contributed by atoms with E-state index in [-0.39, 0.29) is 11.5 Å². The Morgan fingerprint density at radius 3 is 2.64 bits per heavy atom. The number of aromatic nitrogens is 3. The Bertz CT molecular complexity index is 1310. The first-order chi connectivity index (χ1) is 16.0. The maximum absolute atomic E-state index is 13.4. The van der Waals surface area contributed by atoms with E-state index in [1.54, 1.807) is 29.1 Å². The van der Waals surface area contributed by atoms with Crippen LogP contribution in [0.2, 0.25) is 0 Å². The average molecular weight is 445 g/mol. The maximum Gasteiger partial charge on any atom is 0.267 e. The van der Waals surface area contributed by atoms with Crippen molar-refractivity contribution in [3.8, 4) is 11.1 Å². The van der Waals surface area contributed by atoms with Crippen LogP contribution in [0.15, 0.2) is 60.9 Å². The molecular weight excluding hydrogens is 419 g/mol. The number of halogens is 1. The lowest BCUT2D eigenvalue weighted by Crippen LogP contribution is -2.13. The van der Waals surface area contributed by atoms with Gasteiger partial charge in [0.2, 0.25) is 0 Å². The van der Waals surface area contributed by atoms with E-state index in [0.29, 0.717) is 18.0 Å². The molecule has 1 aliphatic rings. The molecular formula is C26H25FN4O2. The van der Waals surface area contributed by atoms with Crippen LogP contribution in [0.1, 0.15) is 53.4 Å². The summed E-state index contributed by atoms with van der Waals surface area (Å²) in [4.78, 5) is 16.3. The lowest BCUT2D eigenvalue weighted by atomic mass is 9.97. The molecule has 5 rings (SSSR count). The third-order valence-electron chi connectivity index (χ3n) is 6.47. The molecule has 0 radical (unpaired) electrons. The molecule has 2 heterocycles. The fourth-order valence-electron chi connectivity index (χ4n) is 4.72. The number of hydrogen-bond acceptors (Lipinski definition) is 4. The van der Waals surface area contributed by atoms with E-state index in [9.17, 15) is 14.3 Å². The summed E-state index contributed by atoms with van der Waals surface area (Å²) in [5.74, 6) is -0.640. The number of carbonyl (C=O) groups excluding carboxylic acids is 1. The van der Waals surface area contributed by atoms with Crippen molar-refractivity contribution in [3.05, 3.63) is 83.6 Å². The van der Waals surface area contributed by atoms with Crippen LogP contribution in [-0.4, -0.2) is 25.8 Å². The number of aliphatic hydroxyl groups is 1. The first kappa shape index (κ1) is 21.3. The number of pyridine rings is 1. The van der Waals surface area contributed by atoms with Crippen molar-refractivity contribution in [2.24, 2.45) is 11.7 Å². The molecule has 0 spiro atoms. The third-order valence-corrected chi connectivity index (χ3v) is 6.47. The van der Waals surface area contributed by atoms with Crippen molar-refractivity contribution in [1.82, 2.24) is 14.8 Å². The molecule has 3 N–H and O–H groups in total. The summed E-state index contributed by atoms with van der Waals surface area (Å²) in [5.41, 5.74) is 9.63. The van der Waals surface area contributed by atoms with E-state index >= 15 is 0 Å². The Balaban J connectivity index is 1.47. The number of benzene rings is 2. The molecule has 1 amide bonds. The third kappa shape index (κ3) is 4.36. The van der Waals surface area contributed by atoms with Gasteiger partial charge >= 0.3 is 0 Å². The highest BCUT2D eigenvalue weighted by atomic mass is 19.1. The van der Waals surface area contributed by atoms with Crippen molar-refractivity contribution in [2.75, 3.05) is 0 Å². The predicted molar refractivity (Wildman–Crippen MR) is 124 cm³/mol. The van der Waals surface area contributed by atoms with Crippen LogP contribution in [0, 0.1) is 11.7 Å². The van der Waals surface area contributed by atoms with Gasteiger partial charge in [0.25, 0.3) is 5.91 Å². The fourth-order valence-corrected chi connectivity index (χ4v) is 4.72. The zero-order valence-electron chi connectivity index (χ0n) is 18.1. The normalized spacial score (nSPS) is 15.2. The number of amides is 1. The number of primary amides is 1. The summed E-state index contributed by atoms with van der Waals surface area (Å²) in [6.07, 6.45) is 7.61. The SMILES string of the molecule is NC(=O)c1cc(-c2ccc(F)cc2)c2ccc(Cn3cc(C(O)C4CCCC4)cn3)cc2n1. The maximum atomic E-state index is 13.4. The van der Waals surface area contributed by atoms with E-state index < -0.39 is 12.0 Å². The van der Waals surface area contributed by atoms with Crippen molar-refractivity contribution in [2.45, 2.75) is 38.3 Å². The van der Waals surface area contributed by atoms with Crippen molar-refractivity contribution in [3.63, 3.8) is 0 Å². The smallest absolute Gasteiger partial charge is 0.267 e. The minimum Gasteiger partial charge on any atom is -0.388 e. The van der Waals surface area contributed by atoms with Crippen molar-refractivity contribution >= 4 is 16.8 Å². The molecule has 1 fully saturated rings. The molecule has 1 saturated carbocycles. The average Bonchev–Trinajstić information content (AvgIpc) is 3.51. The molecule has 0 saturated heterocycles. The second-order valence-corrected chi connectivity index (χ2v) is 8.74. The molecule has 6 nitrogen and oxygen atoms in total. The first-order valence-corrected chi connectivity index (χ1v) is 11.2. The minimum atomic E-state index is -0.622. The van der Waals surface area contributed by atoms with Gasteiger partial charge in [-0.2, -0.15) is 5.10 Å². The molecule has 2 aromatic heterocycles. The molecule has 4 aromatic rings. The number of aliphatic hydroxyl groups excluding tert-OH is 1. The standard InChI is InChI=1S/C26H25FN4O2/c27-20-8-6-17(7-9-20)22-12-24(26(28)33)30-23-11-16(5-10-21(22)23)14-31-15-19(13-29-31)25(32)18-3-1-2-4-18/h5-13,15,18,25,32H,1-4,14H2,(H2,28,33). The van der Waals surface area contributed by atoms with Crippen LogP contribution >= 0.6 is 0 Å². The summed E-state index contributed by atoms with van der Waals surface area (Å²) >= 11 is 0. The topological polar surface area (TPSA) is 94.0 Å². The van der Waals surface area contributed by atoms with E-state index in [1.807, 2.05) is 24.4 Å². The molecule has 33 heavy (non-hydrogen) atoms. The number of rotatable bonds is 6. The highest BCUT2D eigenvalue weighted by molar-refractivity contribution is 6.00. The summed E-state index contributed by atoms with van der Waals surface area (Å²) in [7, 11) is 0. The van der Waals surface area contributed by atoms with Gasteiger partial charge in [-0.3, -0.25) is 9.48 Å². The van der Waals surface area contributed by atoms with Gasteiger partial charge in [0.05, 0.1) is 24.4 Å². The van der Waals surface area contributed by atoms with E-state index in [1.165, 1.54) is 25.0 Å².